The molecule has 0 amide bonds. The van der Waals surface area contributed by atoms with Crippen molar-refractivity contribution < 1.29 is 13.2 Å². The zero-order chi connectivity index (χ0) is 19.6. The van der Waals surface area contributed by atoms with Crippen LogP contribution in [-0.2, 0) is 6.18 Å². The Labute approximate surface area is 157 Å². The van der Waals surface area contributed by atoms with Gasteiger partial charge in [-0.05, 0) is 53.7 Å². The molecule has 0 aliphatic rings. The molecule has 4 rings (SSSR count). The quantitative estimate of drug-likeness (QED) is 0.563. The Morgan fingerprint density at radius 1 is 0.893 bits per heavy atom. The second-order valence-electron chi connectivity index (χ2n) is 5.86. The highest BCUT2D eigenvalue weighted by Crippen LogP contribution is 2.32. The van der Waals surface area contributed by atoms with Crippen LogP contribution in [0.3, 0.4) is 0 Å². The molecule has 140 valence electrons. The van der Waals surface area contributed by atoms with Gasteiger partial charge in [0.05, 0.1) is 11.8 Å². The van der Waals surface area contributed by atoms with E-state index in [2.05, 4.69) is 25.7 Å². The lowest BCUT2D eigenvalue weighted by molar-refractivity contribution is -0.137. The molecule has 0 fully saturated rings. The molecule has 0 unspecified atom stereocenters. The number of aromatic nitrogens is 5. The Morgan fingerprint density at radius 3 is 2.39 bits per heavy atom. The molecule has 2 aromatic heterocycles. The summed E-state index contributed by atoms with van der Waals surface area (Å²) in [6.45, 7) is 0. The minimum absolute atomic E-state index is 0.374. The van der Waals surface area contributed by atoms with E-state index in [1.807, 2.05) is 6.07 Å². The highest BCUT2D eigenvalue weighted by Gasteiger charge is 2.29. The SMILES string of the molecule is FC(F)(F)c1ccc(Nc2ccccc2-c2nnn(-c3cccnc3)n2)cc1. The number of nitrogens with zero attached hydrogens (tertiary/aromatic N) is 5. The third kappa shape index (κ3) is 3.68. The van der Waals surface area contributed by atoms with Gasteiger partial charge in [-0.25, -0.2) is 0 Å². The first-order chi connectivity index (χ1) is 13.5. The van der Waals surface area contributed by atoms with Crippen LogP contribution in [-0.4, -0.2) is 25.2 Å². The number of anilines is 2. The molecule has 0 aliphatic heterocycles. The predicted molar refractivity (Wildman–Crippen MR) is 97.1 cm³/mol. The average Bonchev–Trinajstić information content (AvgIpc) is 3.19. The normalized spacial score (nSPS) is 11.4. The van der Waals surface area contributed by atoms with Crippen LogP contribution in [0.15, 0.2) is 73.1 Å². The largest absolute Gasteiger partial charge is 0.416 e. The molecule has 6 nitrogen and oxygen atoms in total. The maximum atomic E-state index is 12.7. The van der Waals surface area contributed by atoms with Crippen molar-refractivity contribution in [2.75, 3.05) is 5.32 Å². The van der Waals surface area contributed by atoms with Crippen LogP contribution in [0.5, 0.6) is 0 Å². The number of pyridine rings is 1. The first kappa shape index (κ1) is 17.7. The van der Waals surface area contributed by atoms with Gasteiger partial charge in [-0.15, -0.1) is 15.0 Å². The van der Waals surface area contributed by atoms with E-state index >= 15 is 0 Å². The number of benzene rings is 2. The van der Waals surface area contributed by atoms with Crippen LogP contribution in [0.25, 0.3) is 17.1 Å². The summed E-state index contributed by atoms with van der Waals surface area (Å²) in [5.74, 6) is 0.374. The van der Waals surface area contributed by atoms with E-state index in [1.165, 1.54) is 16.9 Å². The van der Waals surface area contributed by atoms with E-state index < -0.39 is 11.7 Å². The summed E-state index contributed by atoms with van der Waals surface area (Å²) in [6.07, 6.45) is -1.12. The summed E-state index contributed by atoms with van der Waals surface area (Å²) in [5.41, 5.74) is 1.78. The molecule has 0 bridgehead atoms. The van der Waals surface area contributed by atoms with Crippen LogP contribution < -0.4 is 5.32 Å². The number of hydrogen-bond donors (Lipinski definition) is 1. The van der Waals surface area contributed by atoms with Gasteiger partial charge in [-0.2, -0.15) is 13.2 Å². The molecule has 2 heterocycles. The number of nitrogens with one attached hydrogen (secondary N) is 1. The third-order valence-electron chi connectivity index (χ3n) is 3.95. The molecular formula is C19H13F3N6. The molecular weight excluding hydrogens is 369 g/mol. The first-order valence-corrected chi connectivity index (χ1v) is 8.25. The van der Waals surface area contributed by atoms with E-state index in [4.69, 9.17) is 0 Å². The number of hydrogen-bond acceptors (Lipinski definition) is 5. The van der Waals surface area contributed by atoms with Gasteiger partial charge in [-0.1, -0.05) is 12.1 Å². The Bertz CT molecular complexity index is 1070. The summed E-state index contributed by atoms with van der Waals surface area (Å²) in [5, 5.41) is 15.6. The molecule has 28 heavy (non-hydrogen) atoms. The van der Waals surface area contributed by atoms with Gasteiger partial charge < -0.3 is 5.32 Å². The van der Waals surface area contributed by atoms with Gasteiger partial charge >= 0.3 is 6.18 Å². The van der Waals surface area contributed by atoms with Gasteiger partial charge in [0.15, 0.2) is 0 Å². The molecule has 0 saturated carbocycles. The predicted octanol–water partition coefficient (Wildman–Crippen LogP) is 4.49. The minimum Gasteiger partial charge on any atom is -0.355 e. The highest BCUT2D eigenvalue weighted by atomic mass is 19.4. The molecule has 9 heteroatoms. The van der Waals surface area contributed by atoms with E-state index in [0.717, 1.165) is 12.1 Å². The summed E-state index contributed by atoms with van der Waals surface area (Å²) >= 11 is 0. The Hall–Kier alpha value is -3.75. The van der Waals surface area contributed by atoms with Gasteiger partial charge in [0.1, 0.15) is 5.69 Å². The monoisotopic (exact) mass is 382 g/mol. The lowest BCUT2D eigenvalue weighted by atomic mass is 10.1. The molecule has 0 radical (unpaired) electrons. The Balaban J connectivity index is 1.62. The number of tetrazole rings is 1. The lowest BCUT2D eigenvalue weighted by Crippen LogP contribution is -2.04. The van der Waals surface area contributed by atoms with Crippen LogP contribution in [0.1, 0.15) is 5.56 Å². The Kier molecular flexibility index (Phi) is 4.48. The van der Waals surface area contributed by atoms with Crippen molar-refractivity contribution in [3.8, 4) is 17.1 Å². The van der Waals surface area contributed by atoms with Crippen molar-refractivity contribution in [3.63, 3.8) is 0 Å². The van der Waals surface area contributed by atoms with Crippen LogP contribution in [0.2, 0.25) is 0 Å². The molecule has 1 N–H and O–H groups in total. The van der Waals surface area contributed by atoms with Gasteiger partial charge in [-0.3, -0.25) is 4.98 Å². The van der Waals surface area contributed by atoms with Crippen LogP contribution >= 0.6 is 0 Å². The van der Waals surface area contributed by atoms with Gasteiger partial charge in [0, 0.05) is 23.1 Å². The Morgan fingerprint density at radius 2 is 1.68 bits per heavy atom. The summed E-state index contributed by atoms with van der Waals surface area (Å²) in [4.78, 5) is 5.38. The standard InChI is InChI=1S/C19H13F3N6/c20-19(21,22)13-7-9-14(10-8-13)24-17-6-2-1-5-16(17)18-25-27-28(26-18)15-4-3-11-23-12-15/h1-12,24H. The van der Waals surface area contributed by atoms with E-state index in [-0.39, 0.29) is 0 Å². The summed E-state index contributed by atoms with van der Waals surface area (Å²) in [6, 6.07) is 15.6. The molecule has 4 aromatic rings. The van der Waals surface area contributed by atoms with Crippen molar-refractivity contribution in [1.29, 1.82) is 0 Å². The minimum atomic E-state index is -4.37. The van der Waals surface area contributed by atoms with E-state index in [1.54, 1.807) is 42.7 Å². The number of alkyl halides is 3. The smallest absolute Gasteiger partial charge is 0.355 e. The number of halogens is 3. The summed E-state index contributed by atoms with van der Waals surface area (Å²) < 4.78 is 38.2. The topological polar surface area (TPSA) is 68.5 Å². The van der Waals surface area contributed by atoms with Crippen molar-refractivity contribution in [2.24, 2.45) is 0 Å². The molecule has 0 atom stereocenters. The van der Waals surface area contributed by atoms with Crippen LogP contribution in [0.4, 0.5) is 24.5 Å². The van der Waals surface area contributed by atoms with Crippen molar-refractivity contribution in [1.82, 2.24) is 25.2 Å². The zero-order valence-corrected chi connectivity index (χ0v) is 14.3. The number of rotatable bonds is 4. The second kappa shape index (κ2) is 7.10. The fourth-order valence-corrected chi connectivity index (χ4v) is 2.59. The summed E-state index contributed by atoms with van der Waals surface area (Å²) in [7, 11) is 0. The highest BCUT2D eigenvalue weighted by molar-refractivity contribution is 5.77. The maximum absolute atomic E-state index is 12.7. The van der Waals surface area contributed by atoms with Gasteiger partial charge in [0.2, 0.25) is 5.82 Å². The fourth-order valence-electron chi connectivity index (χ4n) is 2.59. The molecule has 0 aliphatic carbocycles. The zero-order valence-electron chi connectivity index (χ0n) is 14.3. The van der Waals surface area contributed by atoms with Crippen molar-refractivity contribution in [2.45, 2.75) is 6.18 Å². The fraction of sp³-hybridized carbons (Fsp3) is 0.0526. The molecule has 0 saturated heterocycles. The van der Waals surface area contributed by atoms with Crippen molar-refractivity contribution in [3.05, 3.63) is 78.6 Å². The van der Waals surface area contributed by atoms with Crippen molar-refractivity contribution >= 4 is 11.4 Å². The average molecular weight is 382 g/mol. The number of para-hydroxylation sites is 1. The van der Waals surface area contributed by atoms with E-state index in [9.17, 15) is 13.2 Å². The second-order valence-corrected chi connectivity index (χ2v) is 5.86. The molecule has 2 aromatic carbocycles. The maximum Gasteiger partial charge on any atom is 0.416 e. The first-order valence-electron chi connectivity index (χ1n) is 8.25. The van der Waals surface area contributed by atoms with Gasteiger partial charge in [0.25, 0.3) is 0 Å². The van der Waals surface area contributed by atoms with E-state index in [0.29, 0.717) is 28.5 Å². The third-order valence-corrected chi connectivity index (χ3v) is 3.95. The molecule has 0 spiro atoms. The lowest BCUT2D eigenvalue weighted by Gasteiger charge is -2.11. The van der Waals surface area contributed by atoms with Crippen LogP contribution in [0, 0.1) is 0 Å².